The first-order valence-corrected chi connectivity index (χ1v) is 12.4. The minimum Gasteiger partial charge on any atom is -0.507 e. The van der Waals surface area contributed by atoms with Gasteiger partial charge in [0.05, 0.1) is 24.3 Å². The molecule has 2 aliphatic heterocycles. The van der Waals surface area contributed by atoms with Gasteiger partial charge in [-0.2, -0.15) is 0 Å². The molecule has 1 N–H and O–H groups in total. The van der Waals surface area contributed by atoms with Gasteiger partial charge in [0.25, 0.3) is 11.7 Å². The van der Waals surface area contributed by atoms with Crippen LogP contribution >= 0.6 is 0 Å². The summed E-state index contributed by atoms with van der Waals surface area (Å²) < 4.78 is 11.4. The SMILES string of the molecule is CC(C)Oc1ccc(C2/C(=C(/O)c3ccc4c(c3)CCO4)C(=O)C(=O)N2c2ccc(N(C)C)cc2)cc1. The number of fused-ring (bicyclic) bond motifs is 1. The van der Waals surface area contributed by atoms with Crippen LogP contribution < -0.4 is 19.3 Å². The molecular formula is C30H30N2O5. The molecule has 0 saturated carbocycles. The van der Waals surface area contributed by atoms with Crippen molar-refractivity contribution < 1.29 is 24.2 Å². The number of Topliss-reactive ketones (excluding diaryl/α,β-unsaturated/α-hetero) is 1. The summed E-state index contributed by atoms with van der Waals surface area (Å²) in [5, 5.41) is 11.4. The van der Waals surface area contributed by atoms with E-state index >= 15 is 0 Å². The van der Waals surface area contributed by atoms with E-state index in [2.05, 4.69) is 0 Å². The number of hydrogen-bond acceptors (Lipinski definition) is 6. The molecule has 2 aliphatic rings. The first kappa shape index (κ1) is 24.4. The van der Waals surface area contributed by atoms with Gasteiger partial charge in [0.15, 0.2) is 0 Å². The van der Waals surface area contributed by atoms with Crippen molar-refractivity contribution in [2.75, 3.05) is 30.5 Å². The van der Waals surface area contributed by atoms with Crippen LogP contribution in [0.3, 0.4) is 0 Å². The Morgan fingerprint density at radius 3 is 2.38 bits per heavy atom. The van der Waals surface area contributed by atoms with E-state index in [-0.39, 0.29) is 17.4 Å². The topological polar surface area (TPSA) is 79.3 Å². The molecule has 1 atom stereocenters. The van der Waals surface area contributed by atoms with E-state index in [1.165, 1.54) is 4.90 Å². The molecule has 5 rings (SSSR count). The molecule has 1 fully saturated rings. The second kappa shape index (κ2) is 9.65. The molecule has 190 valence electrons. The first-order valence-electron chi connectivity index (χ1n) is 12.4. The second-order valence-electron chi connectivity index (χ2n) is 9.74. The van der Waals surface area contributed by atoms with Crippen LogP contribution in [-0.2, 0) is 16.0 Å². The average Bonchev–Trinajstić information content (AvgIpc) is 3.46. The summed E-state index contributed by atoms with van der Waals surface area (Å²) >= 11 is 0. The van der Waals surface area contributed by atoms with E-state index in [4.69, 9.17) is 9.47 Å². The molecule has 0 aromatic heterocycles. The zero-order chi connectivity index (χ0) is 26.3. The third-order valence-electron chi connectivity index (χ3n) is 6.62. The zero-order valence-electron chi connectivity index (χ0n) is 21.4. The predicted molar refractivity (Wildman–Crippen MR) is 143 cm³/mol. The Kier molecular flexibility index (Phi) is 6.38. The largest absolute Gasteiger partial charge is 0.507 e. The van der Waals surface area contributed by atoms with Gasteiger partial charge in [0.1, 0.15) is 17.3 Å². The Labute approximate surface area is 216 Å². The van der Waals surface area contributed by atoms with E-state index in [0.29, 0.717) is 29.2 Å². The predicted octanol–water partition coefficient (Wildman–Crippen LogP) is 5.10. The van der Waals surface area contributed by atoms with Crippen LogP contribution in [0, 0.1) is 0 Å². The van der Waals surface area contributed by atoms with Gasteiger partial charge in [0, 0.05) is 37.5 Å². The van der Waals surface area contributed by atoms with Gasteiger partial charge in [-0.3, -0.25) is 14.5 Å². The van der Waals surface area contributed by atoms with Gasteiger partial charge < -0.3 is 19.5 Å². The highest BCUT2D eigenvalue weighted by Gasteiger charge is 2.47. The Morgan fingerprint density at radius 2 is 1.73 bits per heavy atom. The minimum atomic E-state index is -0.803. The zero-order valence-corrected chi connectivity index (χ0v) is 21.4. The van der Waals surface area contributed by atoms with Crippen molar-refractivity contribution >= 4 is 28.8 Å². The summed E-state index contributed by atoms with van der Waals surface area (Å²) in [6.07, 6.45) is 0.736. The molecule has 1 amide bonds. The second-order valence-corrected chi connectivity index (χ2v) is 9.74. The summed E-state index contributed by atoms with van der Waals surface area (Å²) in [5.74, 6) is -0.150. The van der Waals surface area contributed by atoms with E-state index in [9.17, 15) is 14.7 Å². The summed E-state index contributed by atoms with van der Waals surface area (Å²) in [7, 11) is 3.87. The van der Waals surface area contributed by atoms with Crippen molar-refractivity contribution in [2.24, 2.45) is 0 Å². The van der Waals surface area contributed by atoms with Gasteiger partial charge in [-0.15, -0.1) is 0 Å². The monoisotopic (exact) mass is 498 g/mol. The van der Waals surface area contributed by atoms with Crippen molar-refractivity contribution in [1.29, 1.82) is 0 Å². The number of rotatable bonds is 6. The molecule has 7 heteroatoms. The number of aliphatic hydroxyl groups excluding tert-OH is 1. The highest BCUT2D eigenvalue weighted by Crippen LogP contribution is 2.43. The fourth-order valence-electron chi connectivity index (χ4n) is 4.82. The van der Waals surface area contributed by atoms with Crippen molar-refractivity contribution in [1.82, 2.24) is 0 Å². The lowest BCUT2D eigenvalue weighted by Gasteiger charge is -2.26. The number of amides is 1. The Bertz CT molecular complexity index is 1370. The molecule has 37 heavy (non-hydrogen) atoms. The third-order valence-corrected chi connectivity index (χ3v) is 6.62. The average molecular weight is 499 g/mol. The normalized spacial score (nSPS) is 18.2. The maximum Gasteiger partial charge on any atom is 0.300 e. The quantitative estimate of drug-likeness (QED) is 0.289. The lowest BCUT2D eigenvalue weighted by atomic mass is 9.94. The number of benzene rings is 3. The van der Waals surface area contributed by atoms with Gasteiger partial charge in [-0.05, 0) is 79.6 Å². The van der Waals surface area contributed by atoms with Crippen molar-refractivity contribution in [3.8, 4) is 11.5 Å². The van der Waals surface area contributed by atoms with Gasteiger partial charge in [-0.25, -0.2) is 0 Å². The van der Waals surface area contributed by atoms with Crippen molar-refractivity contribution in [3.63, 3.8) is 0 Å². The first-order chi connectivity index (χ1) is 17.7. The van der Waals surface area contributed by atoms with Crippen LogP contribution in [0.1, 0.15) is 36.6 Å². The van der Waals surface area contributed by atoms with Gasteiger partial charge in [-0.1, -0.05) is 12.1 Å². The molecule has 0 radical (unpaired) electrons. The number of carbonyl (C=O) groups excluding carboxylic acids is 2. The number of aliphatic hydroxyl groups is 1. The fraction of sp³-hybridized carbons (Fsp3) is 0.267. The van der Waals surface area contributed by atoms with Crippen LogP contribution in [0.2, 0.25) is 0 Å². The summed E-state index contributed by atoms with van der Waals surface area (Å²) in [5.41, 5.74) is 3.73. The lowest BCUT2D eigenvalue weighted by molar-refractivity contribution is -0.132. The molecular weight excluding hydrogens is 468 g/mol. The maximum atomic E-state index is 13.4. The number of ether oxygens (including phenoxy) is 2. The molecule has 0 spiro atoms. The summed E-state index contributed by atoms with van der Waals surface area (Å²) in [4.78, 5) is 30.3. The molecule has 1 unspecified atom stereocenters. The number of ketones is 1. The van der Waals surface area contributed by atoms with Crippen LogP contribution in [0.4, 0.5) is 11.4 Å². The standard InChI is InChI=1S/C30H30N2O5/c1-18(2)37-24-12-5-19(6-13-24)27-26(28(33)21-7-14-25-20(17-21)15-16-36-25)29(34)30(35)32(27)23-10-8-22(9-11-23)31(3)4/h5-14,17-18,27,33H,15-16H2,1-4H3/b28-26-. The summed E-state index contributed by atoms with van der Waals surface area (Å²) in [6, 6.07) is 19.3. The Hall–Kier alpha value is -4.26. The summed E-state index contributed by atoms with van der Waals surface area (Å²) in [6.45, 7) is 4.47. The maximum absolute atomic E-state index is 13.4. The number of nitrogens with zero attached hydrogens (tertiary/aromatic N) is 2. The van der Waals surface area contributed by atoms with Gasteiger partial charge in [0.2, 0.25) is 0 Å². The van der Waals surface area contributed by atoms with Crippen molar-refractivity contribution in [2.45, 2.75) is 32.4 Å². The van der Waals surface area contributed by atoms with E-state index < -0.39 is 17.7 Å². The van der Waals surface area contributed by atoms with Crippen LogP contribution in [-0.4, -0.2) is 43.6 Å². The van der Waals surface area contributed by atoms with E-state index in [1.54, 1.807) is 12.1 Å². The highest BCUT2D eigenvalue weighted by molar-refractivity contribution is 6.51. The number of carbonyl (C=O) groups is 2. The molecule has 0 bridgehead atoms. The minimum absolute atomic E-state index is 0.00971. The van der Waals surface area contributed by atoms with Gasteiger partial charge >= 0.3 is 0 Å². The third kappa shape index (κ3) is 4.53. The van der Waals surface area contributed by atoms with Crippen molar-refractivity contribution in [3.05, 3.63) is 89.0 Å². The molecule has 3 aromatic rings. The van der Waals surface area contributed by atoms with E-state index in [1.807, 2.05) is 87.4 Å². The van der Waals surface area contributed by atoms with Crippen LogP contribution in [0.25, 0.3) is 5.76 Å². The van der Waals surface area contributed by atoms with Crippen LogP contribution in [0.5, 0.6) is 11.5 Å². The molecule has 2 heterocycles. The number of anilines is 2. The molecule has 3 aromatic carbocycles. The molecule has 7 nitrogen and oxygen atoms in total. The highest BCUT2D eigenvalue weighted by atomic mass is 16.5. The van der Waals surface area contributed by atoms with E-state index in [0.717, 1.165) is 23.4 Å². The van der Waals surface area contributed by atoms with Crippen LogP contribution in [0.15, 0.2) is 72.3 Å². The smallest absolute Gasteiger partial charge is 0.300 e. The lowest BCUT2D eigenvalue weighted by Crippen LogP contribution is -2.29. The molecule has 1 saturated heterocycles. The molecule has 0 aliphatic carbocycles. The Balaban J connectivity index is 1.64. The Morgan fingerprint density at radius 1 is 1.03 bits per heavy atom. The number of hydrogen-bond donors (Lipinski definition) is 1. The fourth-order valence-corrected chi connectivity index (χ4v) is 4.82.